The first kappa shape index (κ1) is 18.8. The first-order valence-corrected chi connectivity index (χ1v) is 9.68. The first-order valence-electron chi connectivity index (χ1n) is 8.51. The molecule has 0 bridgehead atoms. The van der Waals surface area contributed by atoms with Gasteiger partial charge in [0.1, 0.15) is 17.2 Å². The highest BCUT2D eigenvalue weighted by molar-refractivity contribution is 9.10. The Morgan fingerprint density at radius 2 is 2.07 bits per heavy atom. The van der Waals surface area contributed by atoms with E-state index in [1.54, 1.807) is 36.7 Å². The number of fused-ring (bicyclic) bond motifs is 2. The van der Waals surface area contributed by atoms with Crippen LogP contribution >= 0.6 is 27.5 Å². The van der Waals surface area contributed by atoms with Crippen LogP contribution in [0.1, 0.15) is 23.1 Å². The quantitative estimate of drug-likeness (QED) is 0.371. The van der Waals surface area contributed by atoms with Gasteiger partial charge in [0.2, 0.25) is 0 Å². The Morgan fingerprint density at radius 3 is 2.82 bits per heavy atom. The molecule has 0 aliphatic rings. The molecular weight excluding hydrogens is 449 g/mol. The van der Waals surface area contributed by atoms with Gasteiger partial charge >= 0.3 is 5.97 Å². The molecule has 0 radical (unpaired) electrons. The number of carbonyl (C=O) groups is 1. The highest BCUT2D eigenvalue weighted by atomic mass is 79.9. The Hall–Kier alpha value is -2.51. The van der Waals surface area contributed by atoms with Gasteiger partial charge in [-0.15, -0.1) is 0 Å². The average molecular weight is 463 g/mol. The van der Waals surface area contributed by atoms with E-state index in [2.05, 4.69) is 25.9 Å². The van der Waals surface area contributed by atoms with Crippen LogP contribution in [0.5, 0.6) is 0 Å². The number of aryl methyl sites for hydroxylation is 1. The van der Waals surface area contributed by atoms with Gasteiger partial charge in [-0.25, -0.2) is 14.2 Å². The van der Waals surface area contributed by atoms with Crippen LogP contribution in [0.3, 0.4) is 0 Å². The predicted molar refractivity (Wildman–Crippen MR) is 110 cm³/mol. The zero-order valence-corrected chi connectivity index (χ0v) is 17.3. The lowest BCUT2D eigenvalue weighted by Gasteiger charge is -2.12. The molecule has 0 aliphatic heterocycles. The number of hydrogen-bond acceptors (Lipinski definition) is 4. The number of carbonyl (C=O) groups excluding carboxylic acids is 1. The van der Waals surface area contributed by atoms with Crippen LogP contribution in [0, 0.1) is 12.7 Å². The van der Waals surface area contributed by atoms with Crippen molar-refractivity contribution in [2.24, 2.45) is 0 Å². The molecule has 2 aromatic carbocycles. The van der Waals surface area contributed by atoms with Crippen LogP contribution in [0.15, 0.2) is 41.0 Å². The molecule has 0 unspecified atom stereocenters. The molecule has 2 aromatic heterocycles. The minimum absolute atomic E-state index is 0.255. The number of aromatic nitrogens is 3. The van der Waals surface area contributed by atoms with Gasteiger partial charge in [-0.05, 0) is 44.2 Å². The van der Waals surface area contributed by atoms with Gasteiger partial charge in [-0.3, -0.25) is 9.55 Å². The Balaban J connectivity index is 2.09. The van der Waals surface area contributed by atoms with Crippen LogP contribution < -0.4 is 0 Å². The minimum Gasteiger partial charge on any atom is -0.462 e. The van der Waals surface area contributed by atoms with Gasteiger partial charge < -0.3 is 4.74 Å². The standard InChI is InChI=1S/C20H14BrClFN3O2/c1-3-28-20(27)12-8-11(21)9-16-18(12)25-10(2)26(16)15-6-7-24-19-13(22)4-5-14(23)17(15)19/h4-9H,3H2,1-2H3. The lowest BCUT2D eigenvalue weighted by Crippen LogP contribution is -2.06. The monoisotopic (exact) mass is 461 g/mol. The molecule has 2 heterocycles. The van der Waals surface area contributed by atoms with Crippen molar-refractivity contribution < 1.29 is 13.9 Å². The van der Waals surface area contributed by atoms with Crippen molar-refractivity contribution in [3.63, 3.8) is 0 Å². The number of halogens is 3. The number of pyridine rings is 1. The Morgan fingerprint density at radius 1 is 1.29 bits per heavy atom. The van der Waals surface area contributed by atoms with Gasteiger partial charge in [0, 0.05) is 10.7 Å². The summed E-state index contributed by atoms with van der Waals surface area (Å²) in [7, 11) is 0. The zero-order chi connectivity index (χ0) is 20.0. The van der Waals surface area contributed by atoms with Gasteiger partial charge in [0.05, 0.1) is 39.3 Å². The highest BCUT2D eigenvalue weighted by Gasteiger charge is 2.21. The lowest BCUT2D eigenvalue weighted by molar-refractivity contribution is 0.0528. The van der Waals surface area contributed by atoms with Gasteiger partial charge in [-0.2, -0.15) is 0 Å². The van der Waals surface area contributed by atoms with Gasteiger partial charge in [0.25, 0.3) is 0 Å². The Bertz CT molecular complexity index is 1260. The van der Waals surface area contributed by atoms with E-state index < -0.39 is 11.8 Å². The number of benzene rings is 2. The highest BCUT2D eigenvalue weighted by Crippen LogP contribution is 2.33. The Labute approximate surface area is 173 Å². The van der Waals surface area contributed by atoms with Crippen molar-refractivity contribution >= 4 is 55.4 Å². The second-order valence-corrected chi connectivity index (χ2v) is 7.44. The van der Waals surface area contributed by atoms with Gasteiger partial charge in [-0.1, -0.05) is 27.5 Å². The van der Waals surface area contributed by atoms with E-state index >= 15 is 0 Å². The van der Waals surface area contributed by atoms with E-state index in [0.29, 0.717) is 43.1 Å². The van der Waals surface area contributed by atoms with E-state index in [1.165, 1.54) is 12.1 Å². The fourth-order valence-electron chi connectivity index (χ4n) is 3.29. The second kappa shape index (κ2) is 7.14. The lowest BCUT2D eigenvalue weighted by atomic mass is 10.1. The number of imidazole rings is 1. The predicted octanol–water partition coefficient (Wildman–Crippen LogP) is 5.61. The molecule has 0 saturated carbocycles. The molecule has 142 valence electrons. The molecule has 0 saturated heterocycles. The molecule has 4 rings (SSSR count). The zero-order valence-electron chi connectivity index (χ0n) is 15.0. The normalized spacial score (nSPS) is 11.3. The van der Waals surface area contributed by atoms with E-state index in [1.807, 2.05) is 6.07 Å². The molecule has 4 aromatic rings. The van der Waals surface area contributed by atoms with Crippen LogP contribution in [-0.2, 0) is 4.74 Å². The van der Waals surface area contributed by atoms with Crippen molar-refractivity contribution in [2.45, 2.75) is 13.8 Å². The second-order valence-electron chi connectivity index (χ2n) is 6.12. The minimum atomic E-state index is -0.465. The molecule has 0 fully saturated rings. The fourth-order valence-corrected chi connectivity index (χ4v) is 3.94. The van der Waals surface area contributed by atoms with Crippen molar-refractivity contribution in [3.05, 3.63) is 63.2 Å². The summed E-state index contributed by atoms with van der Waals surface area (Å²) in [5.41, 5.74) is 2.36. The summed E-state index contributed by atoms with van der Waals surface area (Å²) in [6.45, 7) is 3.79. The first-order chi connectivity index (χ1) is 13.4. The molecule has 0 N–H and O–H groups in total. The maximum absolute atomic E-state index is 14.7. The largest absolute Gasteiger partial charge is 0.462 e. The number of ether oxygens (including phenoxy) is 1. The molecule has 28 heavy (non-hydrogen) atoms. The number of hydrogen-bond donors (Lipinski definition) is 0. The van der Waals surface area contributed by atoms with Crippen LogP contribution in [-0.4, -0.2) is 27.1 Å². The van der Waals surface area contributed by atoms with Crippen molar-refractivity contribution in [1.29, 1.82) is 0 Å². The van der Waals surface area contributed by atoms with Crippen molar-refractivity contribution in [3.8, 4) is 5.69 Å². The topological polar surface area (TPSA) is 57.0 Å². The summed E-state index contributed by atoms with van der Waals surface area (Å²) in [5, 5.41) is 0.642. The molecule has 5 nitrogen and oxygen atoms in total. The number of nitrogens with zero attached hydrogens (tertiary/aromatic N) is 3. The average Bonchev–Trinajstić information content (AvgIpc) is 2.99. The summed E-state index contributed by atoms with van der Waals surface area (Å²) < 4.78 is 22.3. The molecule has 0 spiro atoms. The fraction of sp³-hybridized carbons (Fsp3) is 0.150. The van der Waals surface area contributed by atoms with Crippen LogP contribution in [0.4, 0.5) is 4.39 Å². The maximum atomic E-state index is 14.7. The van der Waals surface area contributed by atoms with E-state index in [0.717, 1.165) is 0 Å². The van der Waals surface area contributed by atoms with E-state index in [-0.39, 0.29) is 12.0 Å². The van der Waals surface area contributed by atoms with E-state index in [4.69, 9.17) is 16.3 Å². The van der Waals surface area contributed by atoms with Gasteiger partial charge in [0.15, 0.2) is 0 Å². The molecule has 0 amide bonds. The molecule has 8 heteroatoms. The van der Waals surface area contributed by atoms with Crippen LogP contribution in [0.2, 0.25) is 5.02 Å². The van der Waals surface area contributed by atoms with Crippen molar-refractivity contribution in [1.82, 2.24) is 14.5 Å². The third-order valence-corrected chi connectivity index (χ3v) is 5.16. The summed E-state index contributed by atoms with van der Waals surface area (Å²) >= 11 is 9.66. The Kier molecular flexibility index (Phi) is 4.81. The van der Waals surface area contributed by atoms with Crippen molar-refractivity contribution in [2.75, 3.05) is 6.61 Å². The molecule has 0 atom stereocenters. The third-order valence-electron chi connectivity index (χ3n) is 4.40. The maximum Gasteiger partial charge on any atom is 0.340 e. The molecule has 0 aliphatic carbocycles. The SMILES string of the molecule is CCOC(=O)c1cc(Br)cc2c1nc(C)n2-c1ccnc2c(Cl)ccc(F)c12. The molecular formula is C20H14BrClFN3O2. The summed E-state index contributed by atoms with van der Waals surface area (Å²) in [5.74, 6) is -0.317. The third kappa shape index (κ3) is 2.95. The summed E-state index contributed by atoms with van der Waals surface area (Å²) in [6, 6.07) is 7.97. The van der Waals surface area contributed by atoms with Crippen LogP contribution in [0.25, 0.3) is 27.6 Å². The number of rotatable bonds is 3. The summed E-state index contributed by atoms with van der Waals surface area (Å²) in [4.78, 5) is 21.2. The summed E-state index contributed by atoms with van der Waals surface area (Å²) in [6.07, 6.45) is 1.57. The number of esters is 1. The van der Waals surface area contributed by atoms with E-state index in [9.17, 15) is 9.18 Å². The smallest absolute Gasteiger partial charge is 0.340 e.